The molecule has 0 aromatic carbocycles. The summed E-state index contributed by atoms with van der Waals surface area (Å²) < 4.78 is 1.00. The number of hydrogen-bond donors (Lipinski definition) is 2. The molecule has 16 heavy (non-hydrogen) atoms. The van der Waals surface area contributed by atoms with Crippen LogP contribution in [0.5, 0.6) is 0 Å². The monoisotopic (exact) mass is 237 g/mol. The van der Waals surface area contributed by atoms with Crippen molar-refractivity contribution in [3.8, 4) is 0 Å². The quantitative estimate of drug-likeness (QED) is 0.819. The SMILES string of the molecule is NCc1cc(=O)n(C(=O)Cc2cccs2)[nH]1. The zero-order valence-electron chi connectivity index (χ0n) is 8.47. The summed E-state index contributed by atoms with van der Waals surface area (Å²) in [7, 11) is 0. The van der Waals surface area contributed by atoms with Crippen LogP contribution in [-0.4, -0.2) is 15.7 Å². The van der Waals surface area contributed by atoms with Gasteiger partial charge in [0.25, 0.3) is 11.5 Å². The summed E-state index contributed by atoms with van der Waals surface area (Å²) in [6.07, 6.45) is 0.224. The van der Waals surface area contributed by atoms with Crippen molar-refractivity contribution in [3.63, 3.8) is 0 Å². The average Bonchev–Trinajstić information content (AvgIpc) is 2.87. The van der Waals surface area contributed by atoms with Crippen LogP contribution in [0, 0.1) is 0 Å². The third kappa shape index (κ3) is 2.12. The van der Waals surface area contributed by atoms with Crippen LogP contribution < -0.4 is 11.3 Å². The van der Waals surface area contributed by atoms with E-state index in [9.17, 15) is 9.59 Å². The van der Waals surface area contributed by atoms with E-state index >= 15 is 0 Å². The maximum atomic E-state index is 11.8. The van der Waals surface area contributed by atoms with Gasteiger partial charge < -0.3 is 5.73 Å². The molecule has 0 unspecified atom stereocenters. The van der Waals surface area contributed by atoms with E-state index in [1.165, 1.54) is 17.4 Å². The van der Waals surface area contributed by atoms with Gasteiger partial charge in [0.15, 0.2) is 0 Å². The van der Waals surface area contributed by atoms with Crippen molar-refractivity contribution < 1.29 is 4.79 Å². The second-order valence-corrected chi connectivity index (χ2v) is 4.34. The second kappa shape index (κ2) is 4.46. The Morgan fingerprint density at radius 1 is 1.56 bits per heavy atom. The lowest BCUT2D eigenvalue weighted by Gasteiger charge is -1.98. The van der Waals surface area contributed by atoms with E-state index in [0.717, 1.165) is 9.56 Å². The zero-order valence-corrected chi connectivity index (χ0v) is 9.29. The van der Waals surface area contributed by atoms with Crippen LogP contribution in [0.1, 0.15) is 15.4 Å². The molecular weight excluding hydrogens is 226 g/mol. The Hall–Kier alpha value is -1.66. The highest BCUT2D eigenvalue weighted by Crippen LogP contribution is 2.09. The van der Waals surface area contributed by atoms with E-state index in [1.807, 2.05) is 17.5 Å². The molecule has 2 aromatic heterocycles. The van der Waals surface area contributed by atoms with Gasteiger partial charge in [0.1, 0.15) is 0 Å². The second-order valence-electron chi connectivity index (χ2n) is 3.31. The summed E-state index contributed by atoms with van der Waals surface area (Å²) in [5, 5.41) is 4.57. The molecule has 0 bridgehead atoms. The molecule has 0 atom stereocenters. The standard InChI is InChI=1S/C10H11N3O2S/c11-6-7-4-9(14)13(12-7)10(15)5-8-2-1-3-16-8/h1-4,12H,5-6,11H2. The molecule has 6 heteroatoms. The molecule has 0 radical (unpaired) electrons. The first-order valence-corrected chi connectivity index (χ1v) is 5.65. The minimum absolute atomic E-state index is 0.217. The fourth-order valence-corrected chi connectivity index (χ4v) is 2.07. The summed E-state index contributed by atoms with van der Waals surface area (Å²) in [5.41, 5.74) is 5.58. The van der Waals surface area contributed by atoms with E-state index in [1.54, 1.807) is 0 Å². The third-order valence-corrected chi connectivity index (χ3v) is 3.02. The molecule has 0 aliphatic heterocycles. The van der Waals surface area contributed by atoms with Crippen LogP contribution in [0.3, 0.4) is 0 Å². The van der Waals surface area contributed by atoms with Crippen molar-refractivity contribution in [2.24, 2.45) is 5.73 Å². The highest BCUT2D eigenvalue weighted by Gasteiger charge is 2.11. The molecule has 0 amide bonds. The van der Waals surface area contributed by atoms with Crippen molar-refractivity contribution in [2.75, 3.05) is 0 Å². The molecule has 0 spiro atoms. The number of thiophene rings is 1. The van der Waals surface area contributed by atoms with E-state index in [0.29, 0.717) is 5.69 Å². The fraction of sp³-hybridized carbons (Fsp3) is 0.200. The summed E-state index contributed by atoms with van der Waals surface area (Å²) in [6.45, 7) is 0.217. The van der Waals surface area contributed by atoms with Crippen LogP contribution in [0.15, 0.2) is 28.4 Å². The smallest absolute Gasteiger partial charge is 0.273 e. The minimum atomic E-state index is -0.359. The molecule has 0 fully saturated rings. The predicted molar refractivity (Wildman–Crippen MR) is 61.6 cm³/mol. The summed E-state index contributed by atoms with van der Waals surface area (Å²) in [5.74, 6) is -0.271. The van der Waals surface area contributed by atoms with Crippen LogP contribution in [-0.2, 0) is 13.0 Å². The predicted octanol–water partition coefficient (Wildman–Crippen LogP) is 0.579. The number of aromatic amines is 1. The summed E-state index contributed by atoms with van der Waals surface area (Å²) >= 11 is 1.49. The van der Waals surface area contributed by atoms with Gasteiger partial charge in [-0.05, 0) is 11.4 Å². The molecule has 0 aliphatic rings. The zero-order chi connectivity index (χ0) is 11.5. The van der Waals surface area contributed by atoms with Gasteiger partial charge in [-0.2, -0.15) is 4.68 Å². The Morgan fingerprint density at radius 2 is 2.38 bits per heavy atom. The maximum Gasteiger partial charge on any atom is 0.273 e. The highest BCUT2D eigenvalue weighted by atomic mass is 32.1. The first kappa shape index (κ1) is 10.8. The average molecular weight is 237 g/mol. The van der Waals surface area contributed by atoms with Gasteiger partial charge in [0.2, 0.25) is 0 Å². The number of H-pyrrole nitrogens is 1. The summed E-state index contributed by atoms with van der Waals surface area (Å²) in [4.78, 5) is 24.1. The normalized spacial score (nSPS) is 10.6. The number of nitrogens with zero attached hydrogens (tertiary/aromatic N) is 1. The van der Waals surface area contributed by atoms with Gasteiger partial charge >= 0.3 is 0 Å². The van der Waals surface area contributed by atoms with E-state index in [-0.39, 0.29) is 24.4 Å². The van der Waals surface area contributed by atoms with Crippen LogP contribution in [0.4, 0.5) is 0 Å². The van der Waals surface area contributed by atoms with Gasteiger partial charge in [-0.3, -0.25) is 14.7 Å². The van der Waals surface area contributed by atoms with E-state index in [4.69, 9.17) is 5.73 Å². The maximum absolute atomic E-state index is 11.8. The Morgan fingerprint density at radius 3 is 2.94 bits per heavy atom. The third-order valence-electron chi connectivity index (χ3n) is 2.15. The van der Waals surface area contributed by atoms with Gasteiger partial charge in [-0.25, -0.2) is 0 Å². The van der Waals surface area contributed by atoms with E-state index in [2.05, 4.69) is 5.10 Å². The first-order valence-electron chi connectivity index (χ1n) is 4.77. The number of aromatic nitrogens is 2. The minimum Gasteiger partial charge on any atom is -0.325 e. The molecule has 5 nitrogen and oxygen atoms in total. The van der Waals surface area contributed by atoms with Crippen molar-refractivity contribution in [1.82, 2.24) is 9.78 Å². The molecule has 84 valence electrons. The lowest BCUT2D eigenvalue weighted by molar-refractivity contribution is 0.0895. The molecule has 2 rings (SSSR count). The molecule has 0 saturated carbocycles. The highest BCUT2D eigenvalue weighted by molar-refractivity contribution is 7.10. The Balaban J connectivity index is 2.21. The van der Waals surface area contributed by atoms with Crippen LogP contribution in [0.25, 0.3) is 0 Å². The fourth-order valence-electron chi connectivity index (χ4n) is 1.38. The number of carbonyl (C=O) groups excluding carboxylic acids is 1. The Bertz CT molecular complexity index is 539. The summed E-state index contributed by atoms with van der Waals surface area (Å²) in [6, 6.07) is 5.07. The van der Waals surface area contributed by atoms with Gasteiger partial charge in [-0.15, -0.1) is 11.3 Å². The molecule has 0 saturated heterocycles. The molecule has 3 N–H and O–H groups in total. The molecule has 2 heterocycles. The van der Waals surface area contributed by atoms with E-state index < -0.39 is 0 Å². The lowest BCUT2D eigenvalue weighted by atomic mass is 10.3. The van der Waals surface area contributed by atoms with Crippen molar-refractivity contribution in [1.29, 1.82) is 0 Å². The molecule has 2 aromatic rings. The number of carbonyl (C=O) groups is 1. The lowest BCUT2D eigenvalue weighted by Crippen LogP contribution is -2.25. The number of nitrogens with two attached hydrogens (primary N) is 1. The first-order chi connectivity index (χ1) is 7.70. The molecular formula is C10H11N3O2S. The van der Waals surface area contributed by atoms with Gasteiger partial charge in [0, 0.05) is 17.5 Å². The number of rotatable bonds is 3. The van der Waals surface area contributed by atoms with Crippen molar-refractivity contribution >= 4 is 17.2 Å². The van der Waals surface area contributed by atoms with Gasteiger partial charge in [-0.1, -0.05) is 6.07 Å². The van der Waals surface area contributed by atoms with Crippen LogP contribution in [0.2, 0.25) is 0 Å². The van der Waals surface area contributed by atoms with Crippen LogP contribution >= 0.6 is 11.3 Å². The molecule has 0 aliphatic carbocycles. The van der Waals surface area contributed by atoms with Crippen molar-refractivity contribution in [3.05, 3.63) is 44.5 Å². The Kier molecular flexibility index (Phi) is 3.02. The number of hydrogen-bond acceptors (Lipinski definition) is 4. The topological polar surface area (TPSA) is 80.9 Å². The van der Waals surface area contributed by atoms with Crippen molar-refractivity contribution in [2.45, 2.75) is 13.0 Å². The van der Waals surface area contributed by atoms with Gasteiger partial charge in [0.05, 0.1) is 12.1 Å². The largest absolute Gasteiger partial charge is 0.325 e. The Labute approximate surface area is 95.5 Å². The number of nitrogens with one attached hydrogen (secondary N) is 1.